The van der Waals surface area contributed by atoms with Gasteiger partial charge in [-0.15, -0.1) is 0 Å². The maximum atomic E-state index is 12.5. The number of rotatable bonds is 3. The molecule has 19 heavy (non-hydrogen) atoms. The van der Waals surface area contributed by atoms with Crippen LogP contribution < -0.4 is 5.73 Å². The molecule has 0 spiro atoms. The zero-order valence-corrected chi connectivity index (χ0v) is 11.5. The second-order valence-electron chi connectivity index (χ2n) is 4.63. The summed E-state index contributed by atoms with van der Waals surface area (Å²) in [5, 5.41) is 9.10. The molecule has 106 valence electrons. The van der Waals surface area contributed by atoms with Crippen LogP contribution in [0.3, 0.4) is 0 Å². The first-order chi connectivity index (χ1) is 8.95. The summed E-state index contributed by atoms with van der Waals surface area (Å²) >= 11 is 0. The molecule has 2 unspecified atom stereocenters. The molecular formula is C12H18N2O4S. The predicted molar refractivity (Wildman–Crippen MR) is 71.0 cm³/mol. The van der Waals surface area contributed by atoms with E-state index >= 15 is 0 Å². The number of sulfonamides is 1. The fourth-order valence-corrected chi connectivity index (χ4v) is 3.66. The lowest BCUT2D eigenvalue weighted by molar-refractivity contribution is -0.0516. The van der Waals surface area contributed by atoms with Crippen molar-refractivity contribution in [1.29, 1.82) is 0 Å². The smallest absolute Gasteiger partial charge is 0.243 e. The van der Waals surface area contributed by atoms with Gasteiger partial charge in [0.1, 0.15) is 0 Å². The number of nitrogens with two attached hydrogens (primary N) is 1. The minimum absolute atomic E-state index is 0.157. The molecule has 1 aliphatic heterocycles. The Bertz CT molecular complexity index is 529. The molecule has 1 aliphatic rings. The van der Waals surface area contributed by atoms with Crippen LogP contribution in [-0.2, 0) is 14.8 Å². The van der Waals surface area contributed by atoms with E-state index in [0.717, 1.165) is 0 Å². The van der Waals surface area contributed by atoms with Gasteiger partial charge in [0.05, 0.1) is 24.2 Å². The molecule has 0 radical (unpaired) electrons. The van der Waals surface area contributed by atoms with Gasteiger partial charge >= 0.3 is 0 Å². The molecule has 7 heteroatoms. The van der Waals surface area contributed by atoms with Crippen molar-refractivity contribution in [2.45, 2.75) is 24.0 Å². The molecular weight excluding hydrogens is 268 g/mol. The topological polar surface area (TPSA) is 92.9 Å². The Balaban J connectivity index is 2.29. The molecule has 0 amide bonds. The molecule has 1 aromatic rings. The number of hydrogen-bond donors (Lipinski definition) is 2. The maximum Gasteiger partial charge on any atom is 0.243 e. The van der Waals surface area contributed by atoms with Gasteiger partial charge in [-0.05, 0) is 31.2 Å². The monoisotopic (exact) mass is 286 g/mol. The van der Waals surface area contributed by atoms with Crippen LogP contribution in [0, 0.1) is 0 Å². The zero-order valence-electron chi connectivity index (χ0n) is 10.7. The minimum Gasteiger partial charge on any atom is -0.399 e. The number of nitrogen functional groups attached to an aromatic ring is 1. The van der Waals surface area contributed by atoms with Crippen LogP contribution in [0.4, 0.5) is 5.69 Å². The summed E-state index contributed by atoms with van der Waals surface area (Å²) in [6.07, 6.45) is -0.472. The third-order valence-electron chi connectivity index (χ3n) is 3.14. The number of aliphatic hydroxyl groups is 1. The van der Waals surface area contributed by atoms with E-state index in [2.05, 4.69) is 0 Å². The molecule has 0 bridgehead atoms. The Labute approximate surface area is 112 Å². The van der Waals surface area contributed by atoms with Crippen LogP contribution in [0.5, 0.6) is 0 Å². The van der Waals surface area contributed by atoms with Gasteiger partial charge in [-0.2, -0.15) is 4.31 Å². The van der Waals surface area contributed by atoms with Crippen LogP contribution in [0.1, 0.15) is 6.92 Å². The van der Waals surface area contributed by atoms with Gasteiger partial charge in [-0.25, -0.2) is 8.42 Å². The summed E-state index contributed by atoms with van der Waals surface area (Å²) in [5.74, 6) is 0. The molecule has 0 aliphatic carbocycles. The number of ether oxygens (including phenoxy) is 1. The zero-order chi connectivity index (χ0) is 14.0. The molecule has 0 saturated carbocycles. The highest BCUT2D eigenvalue weighted by atomic mass is 32.2. The second-order valence-corrected chi connectivity index (χ2v) is 6.52. The van der Waals surface area contributed by atoms with E-state index in [4.69, 9.17) is 15.6 Å². The summed E-state index contributed by atoms with van der Waals surface area (Å²) in [6.45, 7) is 2.02. The molecule has 2 atom stereocenters. The van der Waals surface area contributed by atoms with Crippen molar-refractivity contribution >= 4 is 15.7 Å². The molecule has 3 N–H and O–H groups in total. The molecule has 6 nitrogen and oxygen atoms in total. The van der Waals surface area contributed by atoms with Gasteiger partial charge in [-0.1, -0.05) is 0 Å². The van der Waals surface area contributed by atoms with Crippen LogP contribution in [-0.4, -0.2) is 49.7 Å². The Morgan fingerprint density at radius 3 is 2.63 bits per heavy atom. The first-order valence-electron chi connectivity index (χ1n) is 6.05. The van der Waals surface area contributed by atoms with E-state index in [1.165, 1.54) is 16.4 Å². The van der Waals surface area contributed by atoms with E-state index in [1.807, 2.05) is 0 Å². The van der Waals surface area contributed by atoms with Crippen molar-refractivity contribution < 1.29 is 18.3 Å². The van der Waals surface area contributed by atoms with Gasteiger partial charge < -0.3 is 15.6 Å². The second kappa shape index (κ2) is 5.46. The summed E-state index contributed by atoms with van der Waals surface area (Å²) in [7, 11) is -3.58. The number of hydrogen-bond acceptors (Lipinski definition) is 5. The lowest BCUT2D eigenvalue weighted by Gasteiger charge is -2.36. The Morgan fingerprint density at radius 2 is 2.05 bits per heavy atom. The van der Waals surface area contributed by atoms with Crippen LogP contribution in [0.25, 0.3) is 0 Å². The summed E-state index contributed by atoms with van der Waals surface area (Å²) < 4.78 is 31.7. The van der Waals surface area contributed by atoms with Crippen molar-refractivity contribution in [2.24, 2.45) is 0 Å². The summed E-state index contributed by atoms with van der Waals surface area (Å²) in [5.41, 5.74) is 6.07. The van der Waals surface area contributed by atoms with Crippen molar-refractivity contribution in [3.8, 4) is 0 Å². The molecule has 2 rings (SSSR count). The van der Waals surface area contributed by atoms with Gasteiger partial charge in [-0.3, -0.25) is 0 Å². The van der Waals surface area contributed by atoms with Gasteiger partial charge in [0.15, 0.2) is 0 Å². The van der Waals surface area contributed by atoms with Gasteiger partial charge in [0.25, 0.3) is 0 Å². The SMILES string of the molecule is CC1COC(CO)CN1S(=O)(=O)c1ccc(N)cc1. The summed E-state index contributed by atoms with van der Waals surface area (Å²) in [6, 6.07) is 5.83. The molecule has 1 saturated heterocycles. The highest BCUT2D eigenvalue weighted by molar-refractivity contribution is 7.89. The first kappa shape index (κ1) is 14.3. The predicted octanol–water partition coefficient (Wildman–Crippen LogP) is 0.0391. The summed E-state index contributed by atoms with van der Waals surface area (Å²) in [4.78, 5) is 0.201. The number of benzene rings is 1. The third kappa shape index (κ3) is 2.89. The van der Waals surface area contributed by atoms with Crippen LogP contribution in [0.15, 0.2) is 29.2 Å². The molecule has 1 fully saturated rings. The van der Waals surface area contributed by atoms with Gasteiger partial charge in [0, 0.05) is 18.3 Å². The van der Waals surface area contributed by atoms with Crippen LogP contribution in [0.2, 0.25) is 0 Å². The Hall–Kier alpha value is -1.15. The van der Waals surface area contributed by atoms with E-state index in [9.17, 15) is 8.42 Å². The normalized spacial score (nSPS) is 25.4. The third-order valence-corrected chi connectivity index (χ3v) is 5.13. The highest BCUT2D eigenvalue weighted by Gasteiger charge is 2.35. The number of aliphatic hydroxyl groups excluding tert-OH is 1. The Morgan fingerprint density at radius 1 is 1.42 bits per heavy atom. The number of anilines is 1. The molecule has 0 aromatic heterocycles. The minimum atomic E-state index is -3.58. The fourth-order valence-electron chi connectivity index (χ4n) is 2.01. The van der Waals surface area contributed by atoms with E-state index in [1.54, 1.807) is 19.1 Å². The van der Waals surface area contributed by atoms with Gasteiger partial charge in [0.2, 0.25) is 10.0 Å². The molecule has 1 heterocycles. The first-order valence-corrected chi connectivity index (χ1v) is 7.49. The lowest BCUT2D eigenvalue weighted by Crippen LogP contribution is -2.51. The van der Waals surface area contributed by atoms with Crippen molar-refractivity contribution in [1.82, 2.24) is 4.31 Å². The maximum absolute atomic E-state index is 12.5. The fraction of sp³-hybridized carbons (Fsp3) is 0.500. The largest absolute Gasteiger partial charge is 0.399 e. The highest BCUT2D eigenvalue weighted by Crippen LogP contribution is 2.23. The van der Waals surface area contributed by atoms with Crippen molar-refractivity contribution in [3.63, 3.8) is 0 Å². The Kier molecular flexibility index (Phi) is 4.10. The molecule has 1 aromatic carbocycles. The van der Waals surface area contributed by atoms with E-state index < -0.39 is 16.1 Å². The van der Waals surface area contributed by atoms with Crippen LogP contribution >= 0.6 is 0 Å². The van der Waals surface area contributed by atoms with E-state index in [0.29, 0.717) is 5.69 Å². The van der Waals surface area contributed by atoms with Crippen molar-refractivity contribution in [2.75, 3.05) is 25.5 Å². The standard InChI is InChI=1S/C12H18N2O4S/c1-9-8-18-11(7-15)6-14(9)19(16,17)12-4-2-10(13)3-5-12/h2-5,9,11,15H,6-8,13H2,1H3. The van der Waals surface area contributed by atoms with Crippen molar-refractivity contribution in [3.05, 3.63) is 24.3 Å². The number of morpholine rings is 1. The van der Waals surface area contributed by atoms with E-state index in [-0.39, 0.29) is 30.7 Å². The number of nitrogens with zero attached hydrogens (tertiary/aromatic N) is 1. The average Bonchev–Trinajstić information content (AvgIpc) is 2.39. The lowest BCUT2D eigenvalue weighted by atomic mass is 10.2. The average molecular weight is 286 g/mol. The quantitative estimate of drug-likeness (QED) is 0.765.